The lowest BCUT2D eigenvalue weighted by molar-refractivity contribution is 0.0844. The summed E-state index contributed by atoms with van der Waals surface area (Å²) in [5, 5.41) is 2.56. The number of benzene rings is 2. The fourth-order valence-corrected chi connectivity index (χ4v) is 3.99. The van der Waals surface area contributed by atoms with E-state index in [9.17, 15) is 21.6 Å². The van der Waals surface area contributed by atoms with Crippen molar-refractivity contribution < 1.29 is 26.4 Å². The van der Waals surface area contributed by atoms with Gasteiger partial charge in [-0.25, -0.2) is 21.6 Å². The maximum atomic E-state index is 14.4. The second kappa shape index (κ2) is 7.94. The van der Waals surface area contributed by atoms with Crippen LogP contribution >= 0.6 is 22.6 Å². The van der Waals surface area contributed by atoms with Gasteiger partial charge in [0.15, 0.2) is 17.5 Å². The first kappa shape index (κ1) is 20.4. The summed E-state index contributed by atoms with van der Waals surface area (Å²) in [6.07, 6.45) is 1.86. The van der Waals surface area contributed by atoms with Crippen molar-refractivity contribution in [3.63, 3.8) is 0 Å². The molecule has 0 spiro atoms. The molecule has 3 rings (SSSR count). The molecule has 0 aromatic heterocycles. The number of rotatable bonds is 7. The highest BCUT2D eigenvalue weighted by atomic mass is 127. The zero-order chi connectivity index (χ0) is 19.8. The predicted octanol–water partition coefficient (Wildman–Crippen LogP) is 4.38. The van der Waals surface area contributed by atoms with Gasteiger partial charge in [0.05, 0.1) is 12.3 Å². The van der Waals surface area contributed by atoms with Crippen LogP contribution in [-0.2, 0) is 14.9 Å². The first-order valence-corrected chi connectivity index (χ1v) is 10.6. The molecule has 0 saturated heterocycles. The maximum absolute atomic E-state index is 14.4. The van der Waals surface area contributed by atoms with Crippen molar-refractivity contribution in [2.24, 2.45) is 5.92 Å². The maximum Gasteiger partial charge on any atom is 0.264 e. The van der Waals surface area contributed by atoms with Crippen LogP contribution in [0, 0.1) is 33.9 Å². The molecule has 2 N–H and O–H groups in total. The van der Waals surface area contributed by atoms with Gasteiger partial charge in [-0.1, -0.05) is 4.89 Å². The monoisotopic (exact) mass is 512 g/mol. The molecule has 0 radical (unpaired) electrons. The molecule has 146 valence electrons. The number of hydrogen-bond acceptors (Lipinski definition) is 4. The average molecular weight is 512 g/mol. The molecule has 0 heterocycles. The van der Waals surface area contributed by atoms with Gasteiger partial charge in [-0.2, -0.15) is 0 Å². The number of halogens is 4. The van der Waals surface area contributed by atoms with Crippen LogP contribution in [0.1, 0.15) is 18.4 Å². The first-order chi connectivity index (χ1) is 12.7. The quantitative estimate of drug-likeness (QED) is 0.329. The van der Waals surface area contributed by atoms with Gasteiger partial charge in [0, 0.05) is 9.26 Å². The summed E-state index contributed by atoms with van der Waals surface area (Å²) in [5.41, 5.74) is 0.337. The molecule has 2 aromatic carbocycles. The molecule has 1 aliphatic carbocycles. The number of aryl methyl sites for hydroxylation is 1. The van der Waals surface area contributed by atoms with Crippen molar-refractivity contribution in [1.82, 2.24) is 4.89 Å². The van der Waals surface area contributed by atoms with Gasteiger partial charge < -0.3 is 5.32 Å². The zero-order valence-electron chi connectivity index (χ0n) is 14.2. The SMILES string of the molecule is Cc1cc(I)ccc1Nc1c(S(=O)(=O)NOCC2CC2)cc(F)c(F)c1F. The van der Waals surface area contributed by atoms with Crippen molar-refractivity contribution in [3.8, 4) is 0 Å². The highest BCUT2D eigenvalue weighted by Crippen LogP contribution is 2.33. The topological polar surface area (TPSA) is 67.4 Å². The summed E-state index contributed by atoms with van der Waals surface area (Å²) in [6, 6.07) is 5.49. The Morgan fingerprint density at radius 2 is 1.89 bits per heavy atom. The Kier molecular flexibility index (Phi) is 5.99. The van der Waals surface area contributed by atoms with E-state index in [0.29, 0.717) is 17.3 Å². The van der Waals surface area contributed by atoms with Crippen molar-refractivity contribution in [3.05, 3.63) is 50.9 Å². The smallest absolute Gasteiger partial charge is 0.264 e. The van der Waals surface area contributed by atoms with Crippen LogP contribution in [0.15, 0.2) is 29.2 Å². The molecule has 2 aromatic rings. The molecule has 1 aliphatic rings. The summed E-state index contributed by atoms with van der Waals surface area (Å²) in [6.45, 7) is 1.87. The van der Waals surface area contributed by atoms with E-state index in [-0.39, 0.29) is 12.5 Å². The fraction of sp³-hybridized carbons (Fsp3) is 0.294. The standard InChI is InChI=1S/C17H16F3IN2O3S/c1-9-6-11(21)4-5-13(9)22-17-14(7-12(18)15(19)16(17)20)27(24,25)23-26-8-10-2-3-10/h4-7,10,22-23H,2-3,8H2,1H3. The summed E-state index contributed by atoms with van der Waals surface area (Å²) < 4.78 is 67.7. The van der Waals surface area contributed by atoms with Crippen LogP contribution < -0.4 is 10.2 Å². The van der Waals surface area contributed by atoms with E-state index in [1.165, 1.54) is 0 Å². The fourth-order valence-electron chi connectivity index (χ4n) is 2.36. The average Bonchev–Trinajstić information content (AvgIpc) is 3.41. The Morgan fingerprint density at radius 1 is 1.19 bits per heavy atom. The van der Waals surface area contributed by atoms with Crippen LogP contribution in [0.3, 0.4) is 0 Å². The zero-order valence-corrected chi connectivity index (χ0v) is 17.1. The largest absolute Gasteiger partial charge is 0.352 e. The van der Waals surface area contributed by atoms with Crippen molar-refractivity contribution >= 4 is 44.0 Å². The van der Waals surface area contributed by atoms with E-state index in [2.05, 4.69) is 27.9 Å². The predicted molar refractivity (Wildman–Crippen MR) is 102 cm³/mol. The molecule has 0 aliphatic heterocycles. The normalized spacial score (nSPS) is 14.4. The summed E-state index contributed by atoms with van der Waals surface area (Å²) in [4.78, 5) is 5.99. The third-order valence-electron chi connectivity index (χ3n) is 4.05. The van der Waals surface area contributed by atoms with Crippen molar-refractivity contribution in [2.75, 3.05) is 11.9 Å². The Hall–Kier alpha value is -1.37. The van der Waals surface area contributed by atoms with E-state index in [1.807, 2.05) is 4.89 Å². The molecule has 0 atom stereocenters. The van der Waals surface area contributed by atoms with E-state index < -0.39 is 38.1 Å². The lowest BCUT2D eigenvalue weighted by Crippen LogP contribution is -2.26. The number of anilines is 2. The molecule has 1 fully saturated rings. The van der Waals surface area contributed by atoms with Gasteiger partial charge >= 0.3 is 0 Å². The van der Waals surface area contributed by atoms with Gasteiger partial charge in [-0.3, -0.25) is 4.84 Å². The van der Waals surface area contributed by atoms with Gasteiger partial charge in [-0.15, -0.1) is 0 Å². The molecule has 27 heavy (non-hydrogen) atoms. The van der Waals surface area contributed by atoms with E-state index in [1.54, 1.807) is 25.1 Å². The van der Waals surface area contributed by atoms with Gasteiger partial charge in [0.1, 0.15) is 4.90 Å². The summed E-state index contributed by atoms with van der Waals surface area (Å²) in [5.74, 6) is -4.74. The van der Waals surface area contributed by atoms with Gasteiger partial charge in [-0.05, 0) is 78.1 Å². The van der Waals surface area contributed by atoms with Crippen molar-refractivity contribution in [2.45, 2.75) is 24.7 Å². The Morgan fingerprint density at radius 3 is 2.52 bits per heavy atom. The Bertz CT molecular complexity index is 982. The molecule has 0 amide bonds. The molecule has 5 nitrogen and oxygen atoms in total. The van der Waals surface area contributed by atoms with Gasteiger partial charge in [0.2, 0.25) is 0 Å². The molecule has 0 bridgehead atoms. The van der Waals surface area contributed by atoms with Crippen LogP contribution in [-0.4, -0.2) is 15.0 Å². The Balaban J connectivity index is 1.99. The van der Waals surface area contributed by atoms with Gasteiger partial charge in [0.25, 0.3) is 10.0 Å². The molecule has 10 heteroatoms. The first-order valence-electron chi connectivity index (χ1n) is 8.03. The highest BCUT2D eigenvalue weighted by molar-refractivity contribution is 14.1. The second-order valence-corrected chi connectivity index (χ2v) is 9.14. The van der Waals surface area contributed by atoms with Crippen molar-refractivity contribution in [1.29, 1.82) is 0 Å². The molecular formula is C17H16F3IN2O3S. The summed E-state index contributed by atoms with van der Waals surface area (Å²) >= 11 is 2.08. The minimum Gasteiger partial charge on any atom is -0.352 e. The van der Waals surface area contributed by atoms with E-state index >= 15 is 0 Å². The third kappa shape index (κ3) is 4.73. The number of hydrogen-bond donors (Lipinski definition) is 2. The minimum absolute atomic E-state index is 0.157. The highest BCUT2D eigenvalue weighted by Gasteiger charge is 2.29. The van der Waals surface area contributed by atoms with Crippen LogP contribution in [0.25, 0.3) is 0 Å². The van der Waals surface area contributed by atoms with E-state index in [4.69, 9.17) is 4.84 Å². The van der Waals surface area contributed by atoms with Crippen LogP contribution in [0.4, 0.5) is 24.5 Å². The summed E-state index contributed by atoms with van der Waals surface area (Å²) in [7, 11) is -4.44. The van der Waals surface area contributed by atoms with Crippen LogP contribution in [0.5, 0.6) is 0 Å². The number of nitrogens with one attached hydrogen (secondary N) is 2. The lowest BCUT2D eigenvalue weighted by Gasteiger charge is -2.16. The molecule has 0 unspecified atom stereocenters. The Labute approximate surface area is 168 Å². The van der Waals surface area contributed by atoms with E-state index in [0.717, 1.165) is 16.4 Å². The minimum atomic E-state index is -4.44. The third-order valence-corrected chi connectivity index (χ3v) is 5.96. The second-order valence-electron chi connectivity index (χ2n) is 6.28. The number of sulfonamides is 1. The lowest BCUT2D eigenvalue weighted by atomic mass is 10.2. The molecule has 1 saturated carbocycles. The van der Waals surface area contributed by atoms with Crippen LogP contribution in [0.2, 0.25) is 0 Å². The molecular weight excluding hydrogens is 496 g/mol.